The summed E-state index contributed by atoms with van der Waals surface area (Å²) in [6, 6.07) is 20.1. The summed E-state index contributed by atoms with van der Waals surface area (Å²) in [6.07, 6.45) is 3.93. The van der Waals surface area contributed by atoms with E-state index in [9.17, 15) is 0 Å². The van der Waals surface area contributed by atoms with E-state index in [1.165, 1.54) is 5.56 Å². The number of fused-ring (bicyclic) bond motifs is 1. The van der Waals surface area contributed by atoms with Crippen LogP contribution in [0.25, 0.3) is 22.3 Å². The highest BCUT2D eigenvalue weighted by molar-refractivity contribution is 5.78. The molecule has 0 amide bonds. The summed E-state index contributed by atoms with van der Waals surface area (Å²) < 4.78 is 7.90. The summed E-state index contributed by atoms with van der Waals surface area (Å²) in [5.41, 5.74) is 11.2. The van der Waals surface area contributed by atoms with Crippen molar-refractivity contribution in [1.82, 2.24) is 30.2 Å². The van der Waals surface area contributed by atoms with Crippen LogP contribution in [0, 0.1) is 0 Å². The number of ether oxygens (including phenoxy) is 1. The highest BCUT2D eigenvalue weighted by atomic mass is 16.5. The molecule has 148 valence electrons. The Balaban J connectivity index is 1.33. The van der Waals surface area contributed by atoms with Crippen LogP contribution in [0.15, 0.2) is 73.1 Å². The lowest BCUT2D eigenvalue weighted by atomic mass is 10.1. The van der Waals surface area contributed by atoms with E-state index in [1.807, 2.05) is 41.2 Å². The van der Waals surface area contributed by atoms with Gasteiger partial charge in [-0.15, -0.1) is 5.10 Å². The second-order valence-electron chi connectivity index (χ2n) is 6.94. The lowest BCUT2D eigenvalue weighted by Crippen LogP contribution is -1.99. The Morgan fingerprint density at radius 3 is 2.70 bits per heavy atom. The number of nitrogens with zero attached hydrogens (tertiary/aromatic N) is 5. The Hall–Kier alpha value is -4.20. The molecule has 3 aromatic heterocycles. The number of pyridine rings is 1. The monoisotopic (exact) mass is 397 g/mol. The number of nitrogen functional groups attached to an aromatic ring is 1. The molecule has 8 heteroatoms. The van der Waals surface area contributed by atoms with Crippen molar-refractivity contribution >= 4 is 17.0 Å². The van der Waals surface area contributed by atoms with Crippen LogP contribution in [0.5, 0.6) is 5.75 Å². The van der Waals surface area contributed by atoms with E-state index in [0.29, 0.717) is 29.3 Å². The lowest BCUT2D eigenvalue weighted by Gasteiger charge is -2.08. The average molecular weight is 397 g/mol. The van der Waals surface area contributed by atoms with Gasteiger partial charge in [-0.05, 0) is 22.8 Å². The molecule has 0 atom stereocenters. The molecule has 8 nitrogen and oxygen atoms in total. The third kappa shape index (κ3) is 3.70. The fourth-order valence-electron chi connectivity index (χ4n) is 3.31. The maximum atomic E-state index is 5.96. The minimum Gasteiger partial charge on any atom is -0.486 e. The van der Waals surface area contributed by atoms with Gasteiger partial charge in [-0.25, -0.2) is 4.98 Å². The summed E-state index contributed by atoms with van der Waals surface area (Å²) in [5.74, 6) is 0.887. The fraction of sp³-hybridized carbons (Fsp3) is 0.0909. The van der Waals surface area contributed by atoms with E-state index in [2.05, 4.69) is 56.0 Å². The van der Waals surface area contributed by atoms with Crippen LogP contribution in [0.2, 0.25) is 0 Å². The van der Waals surface area contributed by atoms with Crippen LogP contribution in [0.1, 0.15) is 11.1 Å². The molecule has 2 aromatic carbocycles. The molecule has 0 aliphatic carbocycles. The SMILES string of the molecule is Nc1cc(OCc2cccc(-c3cnn(Cc4ccccc4)c3)c2)c2n[nH]nc2n1. The number of aromatic amines is 1. The van der Waals surface area contributed by atoms with E-state index in [4.69, 9.17) is 10.5 Å². The third-order valence-electron chi connectivity index (χ3n) is 4.75. The van der Waals surface area contributed by atoms with Crippen molar-refractivity contribution in [1.29, 1.82) is 0 Å². The molecule has 0 unspecified atom stereocenters. The van der Waals surface area contributed by atoms with Crippen molar-refractivity contribution in [2.45, 2.75) is 13.2 Å². The molecule has 5 aromatic rings. The predicted molar refractivity (Wildman–Crippen MR) is 114 cm³/mol. The molecule has 0 radical (unpaired) electrons. The topological polar surface area (TPSA) is 108 Å². The van der Waals surface area contributed by atoms with Crippen LogP contribution in [-0.4, -0.2) is 30.2 Å². The van der Waals surface area contributed by atoms with E-state index in [0.717, 1.165) is 23.2 Å². The Bertz CT molecular complexity index is 1290. The molecule has 3 N–H and O–H groups in total. The van der Waals surface area contributed by atoms with Crippen molar-refractivity contribution in [2.24, 2.45) is 0 Å². The molecule has 3 heterocycles. The molecule has 0 aliphatic heterocycles. The first-order chi connectivity index (χ1) is 14.7. The van der Waals surface area contributed by atoms with Gasteiger partial charge in [-0.3, -0.25) is 4.68 Å². The molecule has 30 heavy (non-hydrogen) atoms. The number of anilines is 1. The van der Waals surface area contributed by atoms with Gasteiger partial charge in [0.05, 0.1) is 12.7 Å². The molecule has 0 bridgehead atoms. The highest BCUT2D eigenvalue weighted by Gasteiger charge is 2.10. The molecular formula is C22H19N7O. The minimum atomic E-state index is 0.339. The zero-order valence-electron chi connectivity index (χ0n) is 16.1. The number of rotatable bonds is 6. The average Bonchev–Trinajstić information content (AvgIpc) is 3.42. The second kappa shape index (κ2) is 7.67. The predicted octanol–water partition coefficient (Wildman–Crippen LogP) is 3.43. The van der Waals surface area contributed by atoms with E-state index in [1.54, 1.807) is 6.07 Å². The first-order valence-electron chi connectivity index (χ1n) is 9.50. The second-order valence-corrected chi connectivity index (χ2v) is 6.94. The number of benzene rings is 2. The Morgan fingerprint density at radius 2 is 1.80 bits per heavy atom. The lowest BCUT2D eigenvalue weighted by molar-refractivity contribution is 0.309. The Morgan fingerprint density at radius 1 is 0.933 bits per heavy atom. The molecule has 0 spiro atoms. The molecule has 0 saturated heterocycles. The number of nitrogens with one attached hydrogen (secondary N) is 1. The smallest absolute Gasteiger partial charge is 0.207 e. The maximum absolute atomic E-state index is 5.96. The van der Waals surface area contributed by atoms with Crippen molar-refractivity contribution in [2.75, 3.05) is 5.73 Å². The molecular weight excluding hydrogens is 378 g/mol. The highest BCUT2D eigenvalue weighted by Crippen LogP contribution is 2.25. The van der Waals surface area contributed by atoms with Crippen LogP contribution in [0.3, 0.4) is 0 Å². The Labute approximate surface area is 172 Å². The molecule has 0 aliphatic rings. The summed E-state index contributed by atoms with van der Waals surface area (Å²) in [7, 11) is 0. The van der Waals surface area contributed by atoms with Gasteiger partial charge in [0.2, 0.25) is 5.65 Å². The van der Waals surface area contributed by atoms with Gasteiger partial charge in [0.1, 0.15) is 12.4 Å². The van der Waals surface area contributed by atoms with Gasteiger partial charge in [0.25, 0.3) is 0 Å². The van der Waals surface area contributed by atoms with Gasteiger partial charge >= 0.3 is 0 Å². The zero-order valence-corrected chi connectivity index (χ0v) is 16.1. The number of aromatic nitrogens is 6. The zero-order chi connectivity index (χ0) is 20.3. The first-order valence-corrected chi connectivity index (χ1v) is 9.50. The molecule has 0 saturated carbocycles. The van der Waals surface area contributed by atoms with Crippen LogP contribution < -0.4 is 10.5 Å². The van der Waals surface area contributed by atoms with Crippen molar-refractivity contribution in [3.8, 4) is 16.9 Å². The quantitative estimate of drug-likeness (QED) is 0.455. The number of hydrogen-bond acceptors (Lipinski definition) is 6. The van der Waals surface area contributed by atoms with Gasteiger partial charge in [0, 0.05) is 17.8 Å². The van der Waals surface area contributed by atoms with Gasteiger partial charge < -0.3 is 10.5 Å². The van der Waals surface area contributed by atoms with Crippen LogP contribution >= 0.6 is 0 Å². The third-order valence-corrected chi connectivity index (χ3v) is 4.75. The van der Waals surface area contributed by atoms with Gasteiger partial charge in [-0.2, -0.15) is 15.4 Å². The van der Waals surface area contributed by atoms with Gasteiger partial charge in [0.15, 0.2) is 11.3 Å². The summed E-state index contributed by atoms with van der Waals surface area (Å²) in [4.78, 5) is 4.12. The van der Waals surface area contributed by atoms with Crippen molar-refractivity contribution < 1.29 is 4.74 Å². The van der Waals surface area contributed by atoms with Crippen molar-refractivity contribution in [3.63, 3.8) is 0 Å². The van der Waals surface area contributed by atoms with Crippen molar-refractivity contribution in [3.05, 3.63) is 84.2 Å². The summed E-state index contributed by atoms with van der Waals surface area (Å²) >= 11 is 0. The minimum absolute atomic E-state index is 0.339. The van der Waals surface area contributed by atoms with E-state index < -0.39 is 0 Å². The number of H-pyrrole nitrogens is 1. The first kappa shape index (κ1) is 17.9. The van der Waals surface area contributed by atoms with Crippen LogP contribution in [0.4, 0.5) is 5.82 Å². The van der Waals surface area contributed by atoms with E-state index in [-0.39, 0.29) is 0 Å². The standard InChI is InChI=1S/C22H19N7O/c23-20-10-19(21-22(25-20)27-28-26-21)30-14-16-7-4-8-17(9-16)18-11-24-29(13-18)12-15-5-2-1-3-6-15/h1-11,13H,12,14H2,(H3,23,25,26,27,28). The summed E-state index contributed by atoms with van der Waals surface area (Å²) in [5, 5.41) is 15.1. The van der Waals surface area contributed by atoms with Gasteiger partial charge in [-0.1, -0.05) is 48.5 Å². The largest absolute Gasteiger partial charge is 0.486 e. The number of nitrogens with two attached hydrogens (primary N) is 1. The normalized spacial score (nSPS) is 11.1. The fourth-order valence-corrected chi connectivity index (χ4v) is 3.31. The Kier molecular flexibility index (Phi) is 4.57. The maximum Gasteiger partial charge on any atom is 0.207 e. The number of hydrogen-bond donors (Lipinski definition) is 2. The van der Waals surface area contributed by atoms with Crippen LogP contribution in [-0.2, 0) is 13.2 Å². The molecule has 0 fully saturated rings. The molecule has 5 rings (SSSR count). The van der Waals surface area contributed by atoms with E-state index >= 15 is 0 Å². The summed E-state index contributed by atoms with van der Waals surface area (Å²) in [6.45, 7) is 1.11.